The van der Waals surface area contributed by atoms with Gasteiger partial charge in [0.2, 0.25) is 5.91 Å². The number of hydrogen-bond donors (Lipinski definition) is 1. The second-order valence-electron chi connectivity index (χ2n) is 9.41. The van der Waals surface area contributed by atoms with Gasteiger partial charge in [-0.15, -0.1) is 10.2 Å². The average molecular weight is 559 g/mol. The van der Waals surface area contributed by atoms with Crippen molar-refractivity contribution in [2.24, 2.45) is 0 Å². The predicted octanol–water partition coefficient (Wildman–Crippen LogP) is 8.55. The van der Waals surface area contributed by atoms with Gasteiger partial charge in [0.25, 0.3) is 0 Å². The molecule has 210 valence electrons. The molecule has 0 aliphatic carbocycles. The molecule has 1 amide bonds. The quantitative estimate of drug-likeness (QED) is 0.212. The van der Waals surface area contributed by atoms with Crippen LogP contribution in [0.5, 0.6) is 5.75 Å². The highest BCUT2D eigenvalue weighted by Crippen LogP contribution is 2.34. The standard InChI is InChI=1S/C31H33ClN4O2.C2H6/c1-6-7-24(18-30(37)33-26-14-8-20(2)9-15-26)31-35-34-22(4)36(31)29-17-16-27(38-5)19-28(29)21(3)23-10-12-25(32)13-11-23;1-2/h8-17,19,24H,3,6-7,18H2,1-2,4-5H3,(H,33,37);1-2H3. The molecule has 1 heterocycles. The molecule has 40 heavy (non-hydrogen) atoms. The fraction of sp³-hybridized carbons (Fsp3) is 0.303. The van der Waals surface area contributed by atoms with Crippen molar-refractivity contribution in [2.75, 3.05) is 12.4 Å². The number of hydrogen-bond acceptors (Lipinski definition) is 4. The second-order valence-corrected chi connectivity index (χ2v) is 9.85. The lowest BCUT2D eigenvalue weighted by molar-refractivity contribution is -0.116. The van der Waals surface area contributed by atoms with Crippen LogP contribution in [0, 0.1) is 13.8 Å². The van der Waals surface area contributed by atoms with E-state index in [4.69, 9.17) is 16.3 Å². The Balaban J connectivity index is 0.00000216. The Morgan fingerprint density at radius 3 is 2.33 bits per heavy atom. The number of amides is 1. The van der Waals surface area contributed by atoms with Crippen molar-refractivity contribution >= 4 is 28.8 Å². The smallest absolute Gasteiger partial charge is 0.225 e. The first-order chi connectivity index (χ1) is 19.3. The minimum Gasteiger partial charge on any atom is -0.497 e. The van der Waals surface area contributed by atoms with E-state index in [0.29, 0.717) is 17.2 Å². The van der Waals surface area contributed by atoms with Gasteiger partial charge >= 0.3 is 0 Å². The Bertz CT molecular complexity index is 1430. The summed E-state index contributed by atoms with van der Waals surface area (Å²) < 4.78 is 7.58. The Labute approximate surface area is 243 Å². The van der Waals surface area contributed by atoms with Crippen LogP contribution in [-0.2, 0) is 4.79 Å². The molecular weight excluding hydrogens is 520 g/mol. The maximum atomic E-state index is 13.1. The maximum Gasteiger partial charge on any atom is 0.225 e. The maximum absolute atomic E-state index is 13.1. The largest absolute Gasteiger partial charge is 0.497 e. The Morgan fingerprint density at radius 1 is 1.02 bits per heavy atom. The average Bonchev–Trinajstić information content (AvgIpc) is 3.35. The van der Waals surface area contributed by atoms with Gasteiger partial charge in [-0.2, -0.15) is 0 Å². The molecule has 6 nitrogen and oxygen atoms in total. The molecule has 3 aromatic carbocycles. The minimum absolute atomic E-state index is 0.0555. The lowest BCUT2D eigenvalue weighted by Gasteiger charge is -2.21. The summed E-state index contributed by atoms with van der Waals surface area (Å²) in [6.07, 6.45) is 1.99. The summed E-state index contributed by atoms with van der Waals surface area (Å²) in [5, 5.41) is 12.7. The summed E-state index contributed by atoms with van der Waals surface area (Å²) in [5.74, 6) is 2.02. The first-order valence-electron chi connectivity index (χ1n) is 13.7. The number of nitrogens with zero attached hydrogens (tertiary/aromatic N) is 3. The van der Waals surface area contributed by atoms with E-state index in [0.717, 1.165) is 58.1 Å². The van der Waals surface area contributed by atoms with E-state index in [-0.39, 0.29) is 11.8 Å². The molecule has 0 aliphatic rings. The third kappa shape index (κ3) is 7.39. The van der Waals surface area contributed by atoms with Crippen LogP contribution in [0.4, 0.5) is 5.69 Å². The zero-order chi connectivity index (χ0) is 29.2. The number of carbonyl (C=O) groups excluding carboxylic acids is 1. The van der Waals surface area contributed by atoms with Gasteiger partial charge in [0.05, 0.1) is 12.8 Å². The number of ether oxygens (including phenoxy) is 1. The third-order valence-electron chi connectivity index (χ3n) is 6.58. The summed E-state index contributed by atoms with van der Waals surface area (Å²) in [5.41, 5.74) is 5.45. The Kier molecular flexibility index (Phi) is 11.1. The first-order valence-corrected chi connectivity index (χ1v) is 14.1. The van der Waals surface area contributed by atoms with Crippen molar-refractivity contribution in [1.82, 2.24) is 14.8 Å². The normalized spacial score (nSPS) is 11.3. The first kappa shape index (κ1) is 30.6. The fourth-order valence-corrected chi connectivity index (χ4v) is 4.70. The molecule has 0 fully saturated rings. The fourth-order valence-electron chi connectivity index (χ4n) is 4.57. The van der Waals surface area contributed by atoms with Gasteiger partial charge in [0, 0.05) is 28.6 Å². The lowest BCUT2D eigenvalue weighted by Crippen LogP contribution is -2.19. The van der Waals surface area contributed by atoms with E-state index in [1.807, 2.05) is 99.0 Å². The SMILES string of the molecule is C=C(c1ccc(Cl)cc1)c1cc(OC)ccc1-n1c(C)nnc1C(CCC)CC(=O)Nc1ccc(C)cc1.CC. The zero-order valence-electron chi connectivity index (χ0n) is 24.3. The van der Waals surface area contributed by atoms with Crippen LogP contribution < -0.4 is 10.1 Å². The molecule has 0 radical (unpaired) electrons. The molecule has 1 aromatic heterocycles. The third-order valence-corrected chi connectivity index (χ3v) is 6.83. The number of methoxy groups -OCH3 is 1. The summed E-state index contributed by atoms with van der Waals surface area (Å²) >= 11 is 6.13. The van der Waals surface area contributed by atoms with Crippen LogP contribution in [0.1, 0.15) is 74.3 Å². The van der Waals surface area contributed by atoms with Gasteiger partial charge in [-0.25, -0.2) is 0 Å². The van der Waals surface area contributed by atoms with Crippen LogP contribution >= 0.6 is 11.6 Å². The zero-order valence-corrected chi connectivity index (χ0v) is 25.0. The van der Waals surface area contributed by atoms with Gasteiger partial charge in [-0.1, -0.05) is 75.2 Å². The highest BCUT2D eigenvalue weighted by molar-refractivity contribution is 6.30. The van der Waals surface area contributed by atoms with E-state index >= 15 is 0 Å². The molecule has 4 aromatic rings. The van der Waals surface area contributed by atoms with E-state index in [9.17, 15) is 4.79 Å². The lowest BCUT2D eigenvalue weighted by atomic mass is 9.95. The molecule has 0 saturated heterocycles. The molecule has 4 rings (SSSR count). The molecule has 1 unspecified atom stereocenters. The second kappa shape index (κ2) is 14.5. The van der Waals surface area contributed by atoms with Crippen molar-refractivity contribution in [3.05, 3.63) is 107 Å². The molecule has 0 bridgehead atoms. The van der Waals surface area contributed by atoms with Gasteiger partial charge in [-0.05, 0) is 73.9 Å². The van der Waals surface area contributed by atoms with E-state index in [1.54, 1.807) is 7.11 Å². The van der Waals surface area contributed by atoms with E-state index in [2.05, 4.69) is 29.0 Å². The van der Waals surface area contributed by atoms with Crippen LogP contribution in [0.3, 0.4) is 0 Å². The number of halogens is 1. The van der Waals surface area contributed by atoms with Gasteiger partial charge < -0.3 is 10.1 Å². The van der Waals surface area contributed by atoms with Crippen molar-refractivity contribution < 1.29 is 9.53 Å². The monoisotopic (exact) mass is 558 g/mol. The van der Waals surface area contributed by atoms with Crippen LogP contribution in [0.25, 0.3) is 11.3 Å². The Morgan fingerprint density at radius 2 is 1.70 bits per heavy atom. The van der Waals surface area contributed by atoms with E-state index in [1.165, 1.54) is 0 Å². The molecule has 0 spiro atoms. The number of aromatic nitrogens is 3. The molecule has 0 aliphatic heterocycles. The number of rotatable bonds is 10. The summed E-state index contributed by atoms with van der Waals surface area (Å²) in [6.45, 7) is 14.4. The molecule has 0 saturated carbocycles. The summed E-state index contributed by atoms with van der Waals surface area (Å²) in [4.78, 5) is 13.1. The topological polar surface area (TPSA) is 69.0 Å². The molecular formula is C33H39ClN4O2. The summed E-state index contributed by atoms with van der Waals surface area (Å²) in [7, 11) is 1.64. The number of aryl methyl sites for hydroxylation is 2. The molecule has 1 atom stereocenters. The van der Waals surface area contributed by atoms with Gasteiger partial charge in [0.15, 0.2) is 0 Å². The highest BCUT2D eigenvalue weighted by Gasteiger charge is 2.25. The van der Waals surface area contributed by atoms with Gasteiger partial charge in [0.1, 0.15) is 17.4 Å². The van der Waals surface area contributed by atoms with Crippen molar-refractivity contribution in [3.8, 4) is 11.4 Å². The van der Waals surface area contributed by atoms with Crippen LogP contribution in [0.2, 0.25) is 5.02 Å². The van der Waals surface area contributed by atoms with Crippen LogP contribution in [-0.4, -0.2) is 27.8 Å². The summed E-state index contributed by atoms with van der Waals surface area (Å²) in [6, 6.07) is 21.3. The highest BCUT2D eigenvalue weighted by atomic mass is 35.5. The van der Waals surface area contributed by atoms with Crippen molar-refractivity contribution in [1.29, 1.82) is 0 Å². The Hall–Kier alpha value is -3.90. The minimum atomic E-state index is -0.120. The number of anilines is 1. The van der Waals surface area contributed by atoms with Crippen molar-refractivity contribution in [3.63, 3.8) is 0 Å². The number of nitrogens with one attached hydrogen (secondary N) is 1. The van der Waals surface area contributed by atoms with Gasteiger partial charge in [-0.3, -0.25) is 9.36 Å². The number of carbonyl (C=O) groups is 1. The van der Waals surface area contributed by atoms with Crippen molar-refractivity contribution in [2.45, 2.75) is 59.8 Å². The van der Waals surface area contributed by atoms with Crippen LogP contribution in [0.15, 0.2) is 73.3 Å². The van der Waals surface area contributed by atoms with E-state index < -0.39 is 0 Å². The molecule has 7 heteroatoms. The number of benzene rings is 3. The predicted molar refractivity (Wildman–Crippen MR) is 166 cm³/mol. The molecule has 1 N–H and O–H groups in total.